The van der Waals surface area contributed by atoms with Crippen LogP contribution in [-0.2, 0) is 6.54 Å². The summed E-state index contributed by atoms with van der Waals surface area (Å²) < 4.78 is 12.9. The van der Waals surface area contributed by atoms with Gasteiger partial charge in [-0.15, -0.1) is 0 Å². The lowest BCUT2D eigenvalue weighted by Crippen LogP contribution is -2.21. The molecule has 2 rings (SSSR count). The maximum Gasteiger partial charge on any atom is 0.114 e. The van der Waals surface area contributed by atoms with Crippen molar-refractivity contribution in [1.29, 1.82) is 0 Å². The second-order valence-corrected chi connectivity index (χ2v) is 3.89. The smallest absolute Gasteiger partial charge is 0.114 e. The highest BCUT2D eigenvalue weighted by molar-refractivity contribution is 5.17. The van der Waals surface area contributed by atoms with Crippen molar-refractivity contribution in [3.05, 3.63) is 29.6 Å². The first-order valence-corrected chi connectivity index (χ1v) is 5.02. The van der Waals surface area contributed by atoms with Gasteiger partial charge < -0.3 is 0 Å². The number of rotatable bonds is 2. The number of aryl methyl sites for hydroxylation is 1. The first kappa shape index (κ1) is 9.59. The molecule has 0 aliphatic carbocycles. The summed E-state index contributed by atoms with van der Waals surface area (Å²) in [5, 5.41) is 0. The van der Waals surface area contributed by atoms with Gasteiger partial charge in [-0.25, -0.2) is 4.39 Å². The van der Waals surface area contributed by atoms with Crippen LogP contribution in [-0.4, -0.2) is 29.1 Å². The van der Waals surface area contributed by atoms with Crippen molar-refractivity contribution in [3.8, 4) is 0 Å². The highest BCUT2D eigenvalue weighted by Gasteiger charge is 2.22. The zero-order valence-electron chi connectivity index (χ0n) is 8.41. The third-order valence-corrected chi connectivity index (χ3v) is 2.71. The topological polar surface area (TPSA) is 16.1 Å². The van der Waals surface area contributed by atoms with Crippen LogP contribution in [0.25, 0.3) is 0 Å². The Hall–Kier alpha value is -0.960. The van der Waals surface area contributed by atoms with Gasteiger partial charge in [-0.1, -0.05) is 6.07 Å². The predicted octanol–water partition coefficient (Wildman–Crippen LogP) is 1.93. The van der Waals surface area contributed by atoms with Crippen molar-refractivity contribution in [2.45, 2.75) is 26.1 Å². The maximum absolute atomic E-state index is 12.9. The van der Waals surface area contributed by atoms with E-state index in [2.05, 4.69) is 9.88 Å². The summed E-state index contributed by atoms with van der Waals surface area (Å²) in [6.07, 6.45) is 1.83. The van der Waals surface area contributed by atoms with E-state index in [9.17, 15) is 4.39 Å². The number of pyridine rings is 1. The molecule has 1 fully saturated rings. The van der Waals surface area contributed by atoms with Crippen LogP contribution in [0.1, 0.15) is 17.7 Å². The minimum absolute atomic E-state index is 0.565. The quantitative estimate of drug-likeness (QED) is 0.715. The van der Waals surface area contributed by atoms with E-state index in [1.165, 1.54) is 5.56 Å². The molecule has 0 radical (unpaired) electrons. The molecule has 0 bridgehead atoms. The molecule has 0 aromatic carbocycles. The molecule has 1 aliphatic rings. The monoisotopic (exact) mass is 194 g/mol. The van der Waals surface area contributed by atoms with E-state index in [0.717, 1.165) is 18.8 Å². The summed E-state index contributed by atoms with van der Waals surface area (Å²) in [5.74, 6) is 0. The van der Waals surface area contributed by atoms with Crippen LogP contribution < -0.4 is 0 Å². The van der Waals surface area contributed by atoms with Gasteiger partial charge in [-0.2, -0.15) is 0 Å². The Morgan fingerprint density at radius 1 is 1.64 bits per heavy atom. The third-order valence-electron chi connectivity index (χ3n) is 2.71. The van der Waals surface area contributed by atoms with E-state index in [1.54, 1.807) is 6.20 Å². The van der Waals surface area contributed by atoms with Crippen molar-refractivity contribution in [2.24, 2.45) is 0 Å². The summed E-state index contributed by atoms with van der Waals surface area (Å²) in [5.41, 5.74) is 2.26. The molecule has 1 unspecified atom stereocenters. The molecule has 0 N–H and O–H groups in total. The Morgan fingerprint density at radius 2 is 2.50 bits per heavy atom. The number of hydrogen-bond donors (Lipinski definition) is 0. The Morgan fingerprint density at radius 3 is 3.14 bits per heavy atom. The first-order chi connectivity index (χ1) is 6.75. The van der Waals surface area contributed by atoms with E-state index in [-0.39, 0.29) is 0 Å². The van der Waals surface area contributed by atoms with Crippen LogP contribution in [0.4, 0.5) is 4.39 Å². The lowest BCUT2D eigenvalue weighted by molar-refractivity contribution is 0.280. The molecule has 1 atom stereocenters. The maximum atomic E-state index is 12.9. The highest BCUT2D eigenvalue weighted by Crippen LogP contribution is 2.15. The van der Waals surface area contributed by atoms with Gasteiger partial charge in [0.25, 0.3) is 0 Å². The van der Waals surface area contributed by atoms with Gasteiger partial charge in [0.2, 0.25) is 0 Å². The fraction of sp³-hybridized carbons (Fsp3) is 0.545. The number of hydrogen-bond acceptors (Lipinski definition) is 2. The van der Waals surface area contributed by atoms with E-state index < -0.39 is 6.17 Å². The van der Waals surface area contributed by atoms with Gasteiger partial charge in [0.05, 0.1) is 5.69 Å². The second-order valence-electron chi connectivity index (χ2n) is 3.89. The van der Waals surface area contributed by atoms with Crippen LogP contribution in [0.2, 0.25) is 0 Å². The van der Waals surface area contributed by atoms with E-state index in [0.29, 0.717) is 13.0 Å². The molecular weight excluding hydrogens is 179 g/mol. The average molecular weight is 194 g/mol. The first-order valence-electron chi connectivity index (χ1n) is 5.02. The van der Waals surface area contributed by atoms with Gasteiger partial charge in [-0.05, 0) is 25.0 Å². The van der Waals surface area contributed by atoms with Crippen LogP contribution in [0, 0.1) is 6.92 Å². The van der Waals surface area contributed by atoms with Crippen molar-refractivity contribution < 1.29 is 4.39 Å². The molecule has 0 spiro atoms. The van der Waals surface area contributed by atoms with Gasteiger partial charge in [0, 0.05) is 25.8 Å². The molecule has 1 saturated heterocycles. The molecule has 1 aromatic rings. The van der Waals surface area contributed by atoms with Crippen LogP contribution >= 0.6 is 0 Å². The van der Waals surface area contributed by atoms with Crippen molar-refractivity contribution in [3.63, 3.8) is 0 Å². The summed E-state index contributed by atoms with van der Waals surface area (Å²) in [6.45, 7) is 4.26. The Balaban J connectivity index is 2.01. The Bertz CT molecular complexity index is 314. The fourth-order valence-corrected chi connectivity index (χ4v) is 1.82. The lowest BCUT2D eigenvalue weighted by atomic mass is 10.2. The number of nitrogens with zero attached hydrogens (tertiary/aromatic N) is 2. The standard InChI is InChI=1S/C11H15FN2/c1-9-3-2-5-13-11(9)8-14-6-4-10(12)7-14/h2-3,5,10H,4,6-8H2,1H3. The minimum Gasteiger partial charge on any atom is -0.295 e. The van der Waals surface area contributed by atoms with E-state index >= 15 is 0 Å². The number of halogens is 1. The van der Waals surface area contributed by atoms with E-state index in [1.807, 2.05) is 19.1 Å². The normalized spacial score (nSPS) is 22.9. The molecule has 76 valence electrons. The molecule has 2 heterocycles. The van der Waals surface area contributed by atoms with Crippen molar-refractivity contribution in [1.82, 2.24) is 9.88 Å². The van der Waals surface area contributed by atoms with Gasteiger partial charge in [-0.3, -0.25) is 9.88 Å². The number of likely N-dealkylation sites (tertiary alicyclic amines) is 1. The summed E-state index contributed by atoms with van der Waals surface area (Å²) in [6, 6.07) is 3.98. The van der Waals surface area contributed by atoms with Gasteiger partial charge in [0.15, 0.2) is 0 Å². The average Bonchev–Trinajstić information content (AvgIpc) is 2.56. The SMILES string of the molecule is Cc1cccnc1CN1CCC(F)C1. The number of alkyl halides is 1. The summed E-state index contributed by atoms with van der Waals surface area (Å²) >= 11 is 0. The van der Waals surface area contributed by atoms with Crippen LogP contribution in [0.5, 0.6) is 0 Å². The third kappa shape index (κ3) is 2.10. The molecule has 0 amide bonds. The Kier molecular flexibility index (Phi) is 2.77. The van der Waals surface area contributed by atoms with Crippen LogP contribution in [0.15, 0.2) is 18.3 Å². The lowest BCUT2D eigenvalue weighted by Gasteiger charge is -2.14. The molecular formula is C11H15FN2. The Labute approximate surface area is 83.8 Å². The molecule has 3 heteroatoms. The zero-order valence-corrected chi connectivity index (χ0v) is 8.41. The minimum atomic E-state index is -0.640. The van der Waals surface area contributed by atoms with Crippen molar-refractivity contribution in [2.75, 3.05) is 13.1 Å². The molecule has 2 nitrogen and oxygen atoms in total. The summed E-state index contributed by atoms with van der Waals surface area (Å²) in [7, 11) is 0. The largest absolute Gasteiger partial charge is 0.295 e. The molecule has 14 heavy (non-hydrogen) atoms. The number of aromatic nitrogens is 1. The molecule has 0 saturated carbocycles. The molecule has 1 aromatic heterocycles. The van der Waals surface area contributed by atoms with Gasteiger partial charge in [0.1, 0.15) is 6.17 Å². The van der Waals surface area contributed by atoms with E-state index in [4.69, 9.17) is 0 Å². The predicted molar refractivity (Wildman–Crippen MR) is 53.8 cm³/mol. The van der Waals surface area contributed by atoms with Crippen LogP contribution in [0.3, 0.4) is 0 Å². The second kappa shape index (κ2) is 4.05. The van der Waals surface area contributed by atoms with Gasteiger partial charge >= 0.3 is 0 Å². The fourth-order valence-electron chi connectivity index (χ4n) is 1.82. The van der Waals surface area contributed by atoms with Crippen molar-refractivity contribution >= 4 is 0 Å². The molecule has 1 aliphatic heterocycles. The zero-order chi connectivity index (χ0) is 9.97. The highest BCUT2D eigenvalue weighted by atomic mass is 19.1. The summed E-state index contributed by atoms with van der Waals surface area (Å²) in [4.78, 5) is 6.43.